The van der Waals surface area contributed by atoms with Crippen molar-refractivity contribution in [2.24, 2.45) is 0 Å². The van der Waals surface area contributed by atoms with Crippen LogP contribution in [0.5, 0.6) is 0 Å². The van der Waals surface area contributed by atoms with E-state index >= 15 is 0 Å². The molecule has 0 aliphatic rings. The monoisotopic (exact) mass is 472 g/mol. The minimum atomic E-state index is -3.76. The molecule has 0 fully saturated rings. The van der Waals surface area contributed by atoms with Crippen molar-refractivity contribution in [3.05, 3.63) is 11.5 Å². The van der Waals surface area contributed by atoms with Crippen LogP contribution in [0.15, 0.2) is 4.52 Å². The highest BCUT2D eigenvalue weighted by Gasteiger charge is 2.04. The second kappa shape index (κ2) is 19.5. The molecule has 1 N–H and O–H groups in total. The average Bonchev–Trinajstić information content (AvgIpc) is 3.15. The molecule has 1 rings (SSSR count). The van der Waals surface area contributed by atoms with Gasteiger partial charge in [-0.3, -0.25) is 4.55 Å². The Labute approximate surface area is 197 Å². The molecule has 0 aliphatic heterocycles. The smallest absolute Gasteiger partial charge is 0.264 e. The van der Waals surface area contributed by atoms with E-state index in [4.69, 9.17) is 9.08 Å². The first-order chi connectivity index (χ1) is 15.5. The summed E-state index contributed by atoms with van der Waals surface area (Å²) in [5.74, 6) is 0.781. The van der Waals surface area contributed by atoms with E-state index in [9.17, 15) is 8.42 Å². The number of rotatable bonds is 23. The maximum atomic E-state index is 10.6. The van der Waals surface area contributed by atoms with Gasteiger partial charge in [0.2, 0.25) is 0 Å². The zero-order valence-electron chi connectivity index (χ0n) is 20.5. The van der Waals surface area contributed by atoms with Crippen LogP contribution in [0.1, 0.15) is 140 Å². The Hall–Kier alpha value is -0.950. The van der Waals surface area contributed by atoms with Gasteiger partial charge in [0.05, 0.1) is 5.75 Å². The van der Waals surface area contributed by atoms with Gasteiger partial charge in [-0.05, 0) is 26.2 Å². The first-order valence-corrected chi connectivity index (χ1v) is 14.8. The molecule has 6 nitrogen and oxygen atoms in total. The summed E-state index contributed by atoms with van der Waals surface area (Å²) in [5, 5.41) is 7.60. The van der Waals surface area contributed by atoms with Gasteiger partial charge in [0.25, 0.3) is 10.1 Å². The maximum Gasteiger partial charge on any atom is 0.264 e. The van der Waals surface area contributed by atoms with E-state index in [0.717, 1.165) is 30.7 Å². The van der Waals surface area contributed by atoms with Gasteiger partial charge < -0.3 is 4.52 Å². The van der Waals surface area contributed by atoms with Gasteiger partial charge in [-0.2, -0.15) is 8.42 Å². The summed E-state index contributed by atoms with van der Waals surface area (Å²) in [6.07, 6.45) is 26.3. The van der Waals surface area contributed by atoms with Gasteiger partial charge in [-0.1, -0.05) is 116 Å². The second-order valence-electron chi connectivity index (χ2n) is 9.38. The van der Waals surface area contributed by atoms with Crippen LogP contribution in [0, 0.1) is 6.92 Å². The molecule has 1 heterocycles. The Balaban J connectivity index is 1.68. The number of hydrogen-bond acceptors (Lipinski definition) is 5. The molecule has 0 spiro atoms. The van der Waals surface area contributed by atoms with Gasteiger partial charge in [0, 0.05) is 5.27 Å². The predicted molar refractivity (Wildman–Crippen MR) is 131 cm³/mol. The molecule has 0 unspecified atom stereocenters. The van der Waals surface area contributed by atoms with E-state index in [-0.39, 0.29) is 5.75 Å². The van der Waals surface area contributed by atoms with E-state index in [0.29, 0.717) is 6.42 Å². The third kappa shape index (κ3) is 18.6. The Kier molecular flexibility index (Phi) is 17.7. The summed E-state index contributed by atoms with van der Waals surface area (Å²) in [4.78, 5) is 0. The fourth-order valence-corrected chi connectivity index (χ4v) is 4.81. The summed E-state index contributed by atoms with van der Waals surface area (Å²) in [7, 11) is -3.76. The molecule has 188 valence electrons. The molecular formula is C25H48N2O4S. The molecule has 0 bridgehead atoms. The van der Waals surface area contributed by atoms with Gasteiger partial charge in [-0.15, -0.1) is 5.10 Å². The molecule has 0 saturated carbocycles. The SMILES string of the molecule is Cc1onnc1CCCCCCCCCCCCCCCCCCCCCCS(=O)(=O)O. The summed E-state index contributed by atoms with van der Waals surface area (Å²) in [6.45, 7) is 1.93. The van der Waals surface area contributed by atoms with Gasteiger partial charge >= 0.3 is 0 Å². The van der Waals surface area contributed by atoms with Crippen LogP contribution >= 0.6 is 0 Å². The third-order valence-electron chi connectivity index (χ3n) is 6.31. The van der Waals surface area contributed by atoms with Crippen molar-refractivity contribution in [2.45, 2.75) is 142 Å². The summed E-state index contributed by atoms with van der Waals surface area (Å²) >= 11 is 0. The van der Waals surface area contributed by atoms with Crippen LogP contribution in [0.3, 0.4) is 0 Å². The third-order valence-corrected chi connectivity index (χ3v) is 7.12. The normalized spacial score (nSPS) is 11.9. The van der Waals surface area contributed by atoms with Gasteiger partial charge in [-0.25, -0.2) is 0 Å². The number of unbranched alkanes of at least 4 members (excludes halogenated alkanes) is 19. The van der Waals surface area contributed by atoms with Crippen LogP contribution < -0.4 is 0 Å². The van der Waals surface area contributed by atoms with Crippen molar-refractivity contribution in [3.63, 3.8) is 0 Å². The Bertz CT molecular complexity index is 646. The van der Waals surface area contributed by atoms with E-state index in [1.165, 1.54) is 109 Å². The minimum Gasteiger partial charge on any atom is -0.342 e. The van der Waals surface area contributed by atoms with E-state index in [1.807, 2.05) is 6.92 Å². The lowest BCUT2D eigenvalue weighted by molar-refractivity contribution is 0.373. The molecule has 7 heteroatoms. The van der Waals surface area contributed by atoms with Crippen molar-refractivity contribution in [1.82, 2.24) is 10.4 Å². The van der Waals surface area contributed by atoms with Crippen LogP contribution in [-0.4, -0.2) is 29.1 Å². The molecule has 0 amide bonds. The molecular weight excluding hydrogens is 424 g/mol. The largest absolute Gasteiger partial charge is 0.342 e. The fourth-order valence-electron chi connectivity index (χ4n) is 4.24. The van der Waals surface area contributed by atoms with Crippen molar-refractivity contribution >= 4 is 10.1 Å². The summed E-state index contributed by atoms with van der Waals surface area (Å²) < 4.78 is 34.9. The average molecular weight is 473 g/mol. The maximum absolute atomic E-state index is 10.6. The molecule has 32 heavy (non-hydrogen) atoms. The van der Waals surface area contributed by atoms with E-state index < -0.39 is 10.1 Å². The second-order valence-corrected chi connectivity index (χ2v) is 11.0. The van der Waals surface area contributed by atoms with Crippen LogP contribution in [0.25, 0.3) is 0 Å². The number of aryl methyl sites for hydroxylation is 2. The number of hydrogen-bond donors (Lipinski definition) is 1. The number of nitrogens with zero attached hydrogens (tertiary/aromatic N) is 2. The Morgan fingerprint density at radius 3 is 1.28 bits per heavy atom. The predicted octanol–water partition coefficient (Wildman–Crippen LogP) is 7.61. The molecule has 0 aromatic carbocycles. The van der Waals surface area contributed by atoms with Crippen molar-refractivity contribution < 1.29 is 17.5 Å². The molecule has 1 aromatic heterocycles. The van der Waals surface area contributed by atoms with Gasteiger partial charge in [0.1, 0.15) is 5.69 Å². The summed E-state index contributed by atoms with van der Waals surface area (Å²) in [6, 6.07) is 0. The topological polar surface area (TPSA) is 93.3 Å². The molecule has 0 radical (unpaired) electrons. The van der Waals surface area contributed by atoms with Crippen LogP contribution in [-0.2, 0) is 16.5 Å². The molecule has 0 aliphatic carbocycles. The zero-order valence-corrected chi connectivity index (χ0v) is 21.3. The summed E-state index contributed by atoms with van der Waals surface area (Å²) in [5.41, 5.74) is 1.02. The Morgan fingerprint density at radius 1 is 0.625 bits per heavy atom. The lowest BCUT2D eigenvalue weighted by Crippen LogP contribution is -2.03. The van der Waals surface area contributed by atoms with Crippen LogP contribution in [0.4, 0.5) is 0 Å². The quantitative estimate of drug-likeness (QED) is 0.130. The number of aromatic nitrogens is 2. The molecule has 1 aromatic rings. The van der Waals surface area contributed by atoms with E-state index in [1.54, 1.807) is 0 Å². The van der Waals surface area contributed by atoms with Crippen LogP contribution in [0.2, 0.25) is 0 Å². The van der Waals surface area contributed by atoms with Crippen molar-refractivity contribution in [2.75, 3.05) is 5.75 Å². The lowest BCUT2D eigenvalue weighted by atomic mass is 10.0. The molecule has 0 saturated heterocycles. The highest BCUT2D eigenvalue weighted by molar-refractivity contribution is 7.85. The first-order valence-electron chi connectivity index (χ1n) is 13.2. The highest BCUT2D eigenvalue weighted by Crippen LogP contribution is 2.15. The standard InChI is InChI=1S/C25H48N2O4S/c1-24-25(26-27-31-24)22-20-18-16-14-12-10-8-6-4-2-3-5-7-9-11-13-15-17-19-21-23-32(28,29)30/h2-23H2,1H3,(H,28,29,30). The highest BCUT2D eigenvalue weighted by atomic mass is 32.2. The van der Waals surface area contributed by atoms with Crippen molar-refractivity contribution in [1.29, 1.82) is 0 Å². The lowest BCUT2D eigenvalue weighted by Gasteiger charge is -2.04. The van der Waals surface area contributed by atoms with Gasteiger partial charge in [0.15, 0.2) is 5.76 Å². The van der Waals surface area contributed by atoms with Crippen molar-refractivity contribution in [3.8, 4) is 0 Å². The zero-order chi connectivity index (χ0) is 23.3. The van der Waals surface area contributed by atoms with E-state index in [2.05, 4.69) is 10.4 Å². The fraction of sp³-hybridized carbons (Fsp3) is 0.920. The minimum absolute atomic E-state index is 0.0860. The molecule has 0 atom stereocenters. The Morgan fingerprint density at radius 2 is 0.969 bits per heavy atom. The first kappa shape index (κ1) is 29.1.